The summed E-state index contributed by atoms with van der Waals surface area (Å²) < 4.78 is 27.8. The van der Waals surface area contributed by atoms with Gasteiger partial charge in [0.2, 0.25) is 0 Å². The summed E-state index contributed by atoms with van der Waals surface area (Å²) in [6.45, 7) is 1.75. The summed E-state index contributed by atoms with van der Waals surface area (Å²) in [4.78, 5) is 13.0. The van der Waals surface area contributed by atoms with E-state index in [0.29, 0.717) is 16.8 Å². The number of carbonyl (C=O) groups excluding carboxylic acids is 1. The predicted molar refractivity (Wildman–Crippen MR) is 110 cm³/mol. The molecule has 0 radical (unpaired) electrons. The molecule has 1 atom stereocenters. The highest BCUT2D eigenvalue weighted by Crippen LogP contribution is 2.62. The fraction of sp³-hybridized carbons (Fsp3) is 0.500. The van der Waals surface area contributed by atoms with E-state index in [2.05, 4.69) is 10.4 Å². The van der Waals surface area contributed by atoms with Gasteiger partial charge in [-0.05, 0) is 81.4 Å². The van der Waals surface area contributed by atoms with Gasteiger partial charge in [-0.15, -0.1) is 0 Å². The Labute approximate surface area is 174 Å². The molecule has 156 valence electrons. The van der Waals surface area contributed by atoms with Gasteiger partial charge in [0.05, 0.1) is 5.71 Å². The van der Waals surface area contributed by atoms with Crippen LogP contribution in [0.5, 0.6) is 0 Å². The number of hydrazone groups is 1. The van der Waals surface area contributed by atoms with Gasteiger partial charge in [-0.25, -0.2) is 13.8 Å². The molecule has 30 heavy (non-hydrogen) atoms. The number of amides is 1. The second-order valence-corrected chi connectivity index (χ2v) is 9.92. The van der Waals surface area contributed by atoms with Crippen LogP contribution in [0.1, 0.15) is 51.0 Å². The van der Waals surface area contributed by atoms with E-state index in [1.807, 2.05) is 6.08 Å². The molecule has 1 unspecified atom stereocenters. The van der Waals surface area contributed by atoms with E-state index < -0.39 is 17.8 Å². The Kier molecular flexibility index (Phi) is 3.81. The van der Waals surface area contributed by atoms with Crippen LogP contribution >= 0.6 is 0 Å². The second kappa shape index (κ2) is 6.25. The van der Waals surface area contributed by atoms with E-state index in [-0.39, 0.29) is 11.3 Å². The molecule has 7 rings (SSSR count). The van der Waals surface area contributed by atoms with Gasteiger partial charge in [0.1, 0.15) is 17.8 Å². The minimum atomic E-state index is -0.622. The number of allylic oxidation sites excluding steroid dienone is 2. The van der Waals surface area contributed by atoms with Crippen LogP contribution in [0.15, 0.2) is 41.1 Å². The summed E-state index contributed by atoms with van der Waals surface area (Å²) in [7, 11) is 0. The summed E-state index contributed by atoms with van der Waals surface area (Å²) >= 11 is 0. The van der Waals surface area contributed by atoms with Crippen molar-refractivity contribution < 1.29 is 13.6 Å². The average molecular weight is 409 g/mol. The van der Waals surface area contributed by atoms with Gasteiger partial charge in [0, 0.05) is 34.4 Å². The van der Waals surface area contributed by atoms with Crippen molar-refractivity contribution in [1.82, 2.24) is 10.3 Å². The summed E-state index contributed by atoms with van der Waals surface area (Å²) in [5.74, 6) is 0.971. The van der Waals surface area contributed by atoms with Crippen LogP contribution < -0.4 is 5.32 Å². The number of rotatable bonds is 2. The van der Waals surface area contributed by atoms with Crippen molar-refractivity contribution in [1.29, 1.82) is 0 Å². The first kappa shape index (κ1) is 18.3. The van der Waals surface area contributed by atoms with Gasteiger partial charge in [-0.3, -0.25) is 4.79 Å². The van der Waals surface area contributed by atoms with E-state index in [0.717, 1.165) is 48.8 Å². The average Bonchev–Trinajstić information content (AvgIpc) is 2.67. The molecular weight excluding hydrogens is 384 g/mol. The number of hydrogen-bond donors (Lipinski definition) is 1. The highest BCUT2D eigenvalue weighted by Gasteiger charge is 2.54. The normalized spacial score (nSPS) is 36.7. The van der Waals surface area contributed by atoms with Gasteiger partial charge in [0.25, 0.3) is 5.91 Å². The summed E-state index contributed by atoms with van der Waals surface area (Å²) in [5, 5.41) is 9.47. The Morgan fingerprint density at radius 2 is 1.77 bits per heavy atom. The molecule has 2 heterocycles. The highest BCUT2D eigenvalue weighted by atomic mass is 19.1. The molecule has 0 spiro atoms. The molecule has 6 aliphatic rings. The third kappa shape index (κ3) is 2.69. The molecule has 4 nitrogen and oxygen atoms in total. The maximum Gasteiger partial charge on any atom is 0.270 e. The first-order valence-corrected chi connectivity index (χ1v) is 10.9. The van der Waals surface area contributed by atoms with Gasteiger partial charge in [0.15, 0.2) is 0 Å². The maximum absolute atomic E-state index is 14.4. The van der Waals surface area contributed by atoms with Crippen LogP contribution in [0.2, 0.25) is 0 Å². The van der Waals surface area contributed by atoms with E-state index in [9.17, 15) is 13.6 Å². The van der Waals surface area contributed by atoms with E-state index in [1.165, 1.54) is 36.4 Å². The predicted octanol–water partition coefficient (Wildman–Crippen LogP) is 4.60. The zero-order chi connectivity index (χ0) is 20.6. The molecule has 4 fully saturated rings. The van der Waals surface area contributed by atoms with E-state index in [4.69, 9.17) is 0 Å². The number of benzene rings is 1. The van der Waals surface area contributed by atoms with Crippen LogP contribution in [0.3, 0.4) is 0 Å². The van der Waals surface area contributed by atoms with E-state index in [1.54, 1.807) is 13.0 Å². The number of hydrogen-bond acceptors (Lipinski definition) is 3. The minimum Gasteiger partial charge on any atom is -0.363 e. The molecule has 1 amide bonds. The summed E-state index contributed by atoms with van der Waals surface area (Å²) in [6, 6.07) is 3.57. The minimum absolute atomic E-state index is 0.0713. The first-order valence-electron chi connectivity index (χ1n) is 10.9. The fourth-order valence-corrected chi connectivity index (χ4v) is 7.05. The van der Waals surface area contributed by atoms with Gasteiger partial charge in [-0.2, -0.15) is 5.10 Å². The van der Waals surface area contributed by atoms with Crippen LogP contribution in [0.4, 0.5) is 8.78 Å². The maximum atomic E-state index is 14.4. The summed E-state index contributed by atoms with van der Waals surface area (Å²) in [6.07, 6.45) is 10.6. The lowest BCUT2D eigenvalue weighted by Gasteiger charge is -2.58. The SMILES string of the molecule is CC1=NN2C(=O)C=C(C34CC5CC(CC(C5)C3)C4)NC2C=C1c1ccc(F)cc1F. The lowest BCUT2D eigenvalue weighted by atomic mass is 9.48. The van der Waals surface area contributed by atoms with Gasteiger partial charge < -0.3 is 5.32 Å². The van der Waals surface area contributed by atoms with Crippen LogP contribution in [-0.4, -0.2) is 22.8 Å². The van der Waals surface area contributed by atoms with Gasteiger partial charge in [-0.1, -0.05) is 0 Å². The van der Waals surface area contributed by atoms with Crippen molar-refractivity contribution >= 4 is 17.2 Å². The number of halogens is 2. The van der Waals surface area contributed by atoms with Gasteiger partial charge >= 0.3 is 0 Å². The Morgan fingerprint density at radius 3 is 2.40 bits per heavy atom. The molecule has 4 aliphatic carbocycles. The Bertz CT molecular complexity index is 1010. The lowest BCUT2D eigenvalue weighted by Crippen LogP contribution is -2.56. The van der Waals surface area contributed by atoms with E-state index >= 15 is 0 Å². The molecule has 1 aromatic carbocycles. The summed E-state index contributed by atoms with van der Waals surface area (Å²) in [5.41, 5.74) is 2.55. The zero-order valence-electron chi connectivity index (χ0n) is 17.0. The van der Waals surface area contributed by atoms with Crippen LogP contribution in [0, 0.1) is 34.8 Å². The molecule has 4 bridgehead atoms. The number of nitrogens with one attached hydrogen (secondary N) is 1. The van der Waals surface area contributed by atoms with Crippen molar-refractivity contribution in [2.75, 3.05) is 0 Å². The first-order chi connectivity index (χ1) is 14.4. The number of carbonyl (C=O) groups is 1. The Balaban J connectivity index is 1.36. The van der Waals surface area contributed by atoms with Crippen molar-refractivity contribution in [3.8, 4) is 0 Å². The Morgan fingerprint density at radius 1 is 1.10 bits per heavy atom. The topological polar surface area (TPSA) is 44.7 Å². The molecule has 1 N–H and O–H groups in total. The zero-order valence-corrected chi connectivity index (χ0v) is 17.0. The largest absolute Gasteiger partial charge is 0.363 e. The van der Waals surface area contributed by atoms with Crippen molar-refractivity contribution in [3.63, 3.8) is 0 Å². The molecule has 0 aromatic heterocycles. The van der Waals surface area contributed by atoms with Crippen LogP contribution in [-0.2, 0) is 4.79 Å². The second-order valence-electron chi connectivity index (χ2n) is 9.92. The van der Waals surface area contributed by atoms with Crippen molar-refractivity contribution in [2.45, 2.75) is 51.6 Å². The van der Waals surface area contributed by atoms with Crippen molar-refractivity contribution in [3.05, 3.63) is 53.2 Å². The van der Waals surface area contributed by atoms with Crippen LogP contribution in [0.25, 0.3) is 5.57 Å². The van der Waals surface area contributed by atoms with Crippen molar-refractivity contribution in [2.24, 2.45) is 28.3 Å². The molecule has 4 saturated carbocycles. The third-order valence-electron chi connectivity index (χ3n) is 7.86. The molecule has 6 heteroatoms. The monoisotopic (exact) mass is 409 g/mol. The Hall–Kier alpha value is -2.50. The highest BCUT2D eigenvalue weighted by molar-refractivity contribution is 6.23. The smallest absolute Gasteiger partial charge is 0.270 e. The lowest BCUT2D eigenvalue weighted by molar-refractivity contribution is -0.129. The fourth-order valence-electron chi connectivity index (χ4n) is 7.05. The number of fused-ring (bicyclic) bond motifs is 1. The molecule has 0 saturated heterocycles. The standard InChI is InChI=1S/C24H25F2N3O/c1-13-19(18-3-2-17(25)7-20(18)26)8-22-27-21(9-23(30)29(22)28-13)24-10-14-4-15(11-24)6-16(5-14)12-24/h2-3,7-9,14-16,22,27H,4-6,10-12H2,1H3. The number of nitrogens with zero attached hydrogens (tertiary/aromatic N) is 2. The third-order valence-corrected chi connectivity index (χ3v) is 7.86. The molecule has 2 aliphatic heterocycles. The molecular formula is C24H25F2N3O. The molecule has 1 aromatic rings. The quantitative estimate of drug-likeness (QED) is 0.776.